The quantitative estimate of drug-likeness (QED) is 0.747. The Balaban J connectivity index is 1.84. The Morgan fingerprint density at radius 2 is 1.92 bits per heavy atom. The average Bonchev–Trinajstić information content (AvgIpc) is 2.54. The summed E-state index contributed by atoms with van der Waals surface area (Å²) in [4.78, 5) is 12.0. The van der Waals surface area contributed by atoms with E-state index >= 15 is 0 Å². The van der Waals surface area contributed by atoms with Crippen molar-refractivity contribution in [3.63, 3.8) is 0 Å². The van der Waals surface area contributed by atoms with Crippen molar-refractivity contribution in [3.05, 3.63) is 53.6 Å². The molecule has 0 heterocycles. The maximum atomic E-state index is 12.0. The van der Waals surface area contributed by atoms with Crippen LogP contribution in [0, 0.1) is 5.92 Å². The first-order chi connectivity index (χ1) is 11.5. The summed E-state index contributed by atoms with van der Waals surface area (Å²) in [6.07, 6.45) is 0.988. The van der Waals surface area contributed by atoms with Crippen LogP contribution in [0.4, 0.5) is 5.69 Å². The first-order valence-corrected chi connectivity index (χ1v) is 8.32. The molecule has 1 amide bonds. The molecule has 0 radical (unpaired) electrons. The number of hydrogen-bond acceptors (Lipinski definition) is 3. The highest BCUT2D eigenvalue weighted by Crippen LogP contribution is 2.23. The van der Waals surface area contributed by atoms with Gasteiger partial charge in [-0.05, 0) is 36.6 Å². The first-order valence-electron chi connectivity index (χ1n) is 7.94. The molecule has 0 aromatic heterocycles. The number of benzene rings is 2. The highest BCUT2D eigenvalue weighted by Gasteiger charge is 2.07. The molecular formula is C19H22ClNO3. The first kappa shape index (κ1) is 18.1. The summed E-state index contributed by atoms with van der Waals surface area (Å²) in [6, 6.07) is 14.4. The van der Waals surface area contributed by atoms with Gasteiger partial charge in [-0.3, -0.25) is 4.79 Å². The predicted molar refractivity (Wildman–Crippen MR) is 97.0 cm³/mol. The second-order valence-corrected chi connectivity index (χ2v) is 6.23. The van der Waals surface area contributed by atoms with Gasteiger partial charge in [-0.2, -0.15) is 0 Å². The molecule has 0 aliphatic carbocycles. The Morgan fingerprint density at radius 3 is 2.67 bits per heavy atom. The van der Waals surface area contributed by atoms with Gasteiger partial charge in [-0.15, -0.1) is 0 Å². The maximum absolute atomic E-state index is 12.0. The molecule has 1 N–H and O–H groups in total. The molecule has 0 unspecified atom stereocenters. The lowest BCUT2D eigenvalue weighted by molar-refractivity contribution is -0.118. The lowest BCUT2D eigenvalue weighted by Gasteiger charge is -2.11. The van der Waals surface area contributed by atoms with Crippen molar-refractivity contribution in [2.24, 2.45) is 5.92 Å². The molecule has 2 aromatic carbocycles. The van der Waals surface area contributed by atoms with E-state index in [1.165, 1.54) is 0 Å². The van der Waals surface area contributed by atoms with Gasteiger partial charge in [-0.1, -0.05) is 43.6 Å². The van der Waals surface area contributed by atoms with Gasteiger partial charge in [0.25, 0.3) is 5.91 Å². The van der Waals surface area contributed by atoms with Crippen LogP contribution in [-0.2, 0) is 4.79 Å². The van der Waals surface area contributed by atoms with E-state index in [-0.39, 0.29) is 12.5 Å². The van der Waals surface area contributed by atoms with Crippen LogP contribution in [0.3, 0.4) is 0 Å². The van der Waals surface area contributed by atoms with Crippen molar-refractivity contribution in [3.8, 4) is 11.5 Å². The minimum atomic E-state index is -0.255. The minimum absolute atomic E-state index is 0.109. The largest absolute Gasteiger partial charge is 0.494 e. The fraction of sp³-hybridized carbons (Fsp3) is 0.316. The van der Waals surface area contributed by atoms with Crippen LogP contribution in [0.15, 0.2) is 48.5 Å². The van der Waals surface area contributed by atoms with E-state index < -0.39 is 0 Å². The zero-order valence-corrected chi connectivity index (χ0v) is 14.7. The van der Waals surface area contributed by atoms with Crippen molar-refractivity contribution in [2.45, 2.75) is 20.3 Å². The van der Waals surface area contributed by atoms with Gasteiger partial charge in [-0.25, -0.2) is 0 Å². The Hall–Kier alpha value is -2.20. The summed E-state index contributed by atoms with van der Waals surface area (Å²) in [7, 11) is 0. The molecule has 0 aliphatic rings. The van der Waals surface area contributed by atoms with E-state index in [4.69, 9.17) is 21.1 Å². The van der Waals surface area contributed by atoms with Crippen molar-refractivity contribution in [1.82, 2.24) is 0 Å². The highest BCUT2D eigenvalue weighted by molar-refractivity contribution is 6.32. The molecule has 2 rings (SSSR count). The van der Waals surface area contributed by atoms with Crippen molar-refractivity contribution < 1.29 is 14.3 Å². The third-order valence-corrected chi connectivity index (χ3v) is 3.59. The number of para-hydroxylation sites is 1. The average molecular weight is 348 g/mol. The SMILES string of the molecule is CC(C)CCOc1cccc(NC(=O)COc2ccccc2Cl)c1. The number of halogens is 1. The lowest BCUT2D eigenvalue weighted by atomic mass is 10.1. The molecule has 0 saturated heterocycles. The number of rotatable bonds is 8. The van der Waals surface area contributed by atoms with Gasteiger partial charge in [0.2, 0.25) is 0 Å². The lowest BCUT2D eigenvalue weighted by Crippen LogP contribution is -2.20. The normalized spacial score (nSPS) is 10.5. The zero-order chi connectivity index (χ0) is 17.4. The van der Waals surface area contributed by atoms with Gasteiger partial charge in [0, 0.05) is 11.8 Å². The fourth-order valence-corrected chi connectivity index (χ4v) is 2.17. The van der Waals surface area contributed by atoms with Crippen LogP contribution in [-0.4, -0.2) is 19.1 Å². The second-order valence-electron chi connectivity index (χ2n) is 5.83. The summed E-state index contributed by atoms with van der Waals surface area (Å²) < 4.78 is 11.1. The van der Waals surface area contributed by atoms with E-state index in [1.807, 2.05) is 18.2 Å². The molecule has 4 nitrogen and oxygen atoms in total. The van der Waals surface area contributed by atoms with Crippen LogP contribution in [0.2, 0.25) is 5.02 Å². The van der Waals surface area contributed by atoms with Crippen LogP contribution in [0.25, 0.3) is 0 Å². The van der Waals surface area contributed by atoms with E-state index in [0.29, 0.717) is 29.0 Å². The topological polar surface area (TPSA) is 47.6 Å². The van der Waals surface area contributed by atoms with Crippen LogP contribution in [0.1, 0.15) is 20.3 Å². The van der Waals surface area contributed by atoms with Crippen LogP contribution in [0.5, 0.6) is 11.5 Å². The van der Waals surface area contributed by atoms with Crippen molar-refractivity contribution in [2.75, 3.05) is 18.5 Å². The number of amides is 1. The monoisotopic (exact) mass is 347 g/mol. The summed E-state index contributed by atoms with van der Waals surface area (Å²) >= 11 is 5.99. The highest BCUT2D eigenvalue weighted by atomic mass is 35.5. The summed E-state index contributed by atoms with van der Waals surface area (Å²) in [5.74, 6) is 1.56. The molecule has 0 bridgehead atoms. The Bertz CT molecular complexity index is 673. The van der Waals surface area contributed by atoms with E-state index in [1.54, 1.807) is 30.3 Å². The standard InChI is InChI=1S/C19H22ClNO3/c1-14(2)10-11-23-16-7-5-6-15(12-16)21-19(22)13-24-18-9-4-3-8-17(18)20/h3-9,12,14H,10-11,13H2,1-2H3,(H,21,22). The van der Waals surface area contributed by atoms with Crippen LogP contribution >= 0.6 is 11.6 Å². The molecule has 0 atom stereocenters. The molecule has 0 saturated carbocycles. The Labute approximate surface area is 147 Å². The Kier molecular flexibility index (Phi) is 6.94. The molecule has 0 spiro atoms. The Morgan fingerprint density at radius 1 is 1.12 bits per heavy atom. The molecule has 24 heavy (non-hydrogen) atoms. The summed E-state index contributed by atoms with van der Waals surface area (Å²) in [5, 5.41) is 3.26. The number of carbonyl (C=O) groups is 1. The fourth-order valence-electron chi connectivity index (χ4n) is 1.98. The van der Waals surface area contributed by atoms with E-state index in [0.717, 1.165) is 12.2 Å². The second kappa shape index (κ2) is 9.18. The summed E-state index contributed by atoms with van der Waals surface area (Å²) in [6.45, 7) is 4.85. The third kappa shape index (κ3) is 6.13. The molecule has 5 heteroatoms. The molecule has 0 fully saturated rings. The van der Waals surface area contributed by atoms with E-state index in [2.05, 4.69) is 19.2 Å². The van der Waals surface area contributed by atoms with Gasteiger partial charge in [0.1, 0.15) is 11.5 Å². The van der Waals surface area contributed by atoms with E-state index in [9.17, 15) is 4.79 Å². The molecule has 0 aliphatic heterocycles. The van der Waals surface area contributed by atoms with Gasteiger partial charge in [0.05, 0.1) is 11.6 Å². The van der Waals surface area contributed by atoms with Crippen LogP contribution < -0.4 is 14.8 Å². The van der Waals surface area contributed by atoms with Crippen molar-refractivity contribution >= 4 is 23.2 Å². The van der Waals surface area contributed by atoms with Crippen molar-refractivity contribution in [1.29, 1.82) is 0 Å². The number of hydrogen-bond donors (Lipinski definition) is 1. The molecule has 128 valence electrons. The predicted octanol–water partition coefficient (Wildman–Crippen LogP) is 4.78. The minimum Gasteiger partial charge on any atom is -0.494 e. The molecule has 2 aromatic rings. The smallest absolute Gasteiger partial charge is 0.262 e. The zero-order valence-electron chi connectivity index (χ0n) is 13.9. The summed E-state index contributed by atoms with van der Waals surface area (Å²) in [5.41, 5.74) is 0.671. The number of ether oxygens (including phenoxy) is 2. The van der Waals surface area contributed by atoms with Gasteiger partial charge in [0.15, 0.2) is 6.61 Å². The number of anilines is 1. The molecular weight excluding hydrogens is 326 g/mol. The van der Waals surface area contributed by atoms with Gasteiger partial charge < -0.3 is 14.8 Å². The number of nitrogens with one attached hydrogen (secondary N) is 1. The number of carbonyl (C=O) groups excluding carboxylic acids is 1. The third-order valence-electron chi connectivity index (χ3n) is 3.28. The van der Waals surface area contributed by atoms with Gasteiger partial charge >= 0.3 is 0 Å². The maximum Gasteiger partial charge on any atom is 0.262 e.